The molecule has 0 aromatic heterocycles. The summed E-state index contributed by atoms with van der Waals surface area (Å²) in [5.74, 6) is 2.51. The van der Waals surface area contributed by atoms with Gasteiger partial charge in [-0.1, -0.05) is 29.8 Å². The van der Waals surface area contributed by atoms with E-state index >= 15 is 0 Å². The highest BCUT2D eigenvalue weighted by Crippen LogP contribution is 2.22. The summed E-state index contributed by atoms with van der Waals surface area (Å²) in [6.45, 7) is 0.772. The molecule has 0 aliphatic rings. The van der Waals surface area contributed by atoms with Gasteiger partial charge in [-0.15, -0.1) is 11.8 Å². The van der Waals surface area contributed by atoms with Crippen LogP contribution in [-0.4, -0.2) is 17.4 Å². The molecule has 3 aromatic rings. The molecule has 0 saturated heterocycles. The van der Waals surface area contributed by atoms with Crippen LogP contribution in [0.5, 0.6) is 11.5 Å². The van der Waals surface area contributed by atoms with Gasteiger partial charge in [0.15, 0.2) is 5.11 Å². The molecule has 138 valence electrons. The summed E-state index contributed by atoms with van der Waals surface area (Å²) in [6, 6.07) is 25.2. The first kappa shape index (κ1) is 19.5. The summed E-state index contributed by atoms with van der Waals surface area (Å²) in [7, 11) is 0. The molecule has 0 heterocycles. The van der Waals surface area contributed by atoms with Gasteiger partial charge in [0.1, 0.15) is 11.5 Å². The Morgan fingerprint density at radius 1 is 0.889 bits per heavy atom. The Hall–Kier alpha value is -2.21. The molecule has 0 saturated carbocycles. The van der Waals surface area contributed by atoms with Crippen molar-refractivity contribution in [3.05, 3.63) is 83.9 Å². The van der Waals surface area contributed by atoms with E-state index in [2.05, 4.69) is 10.6 Å². The van der Waals surface area contributed by atoms with Crippen LogP contribution in [0.3, 0.4) is 0 Å². The van der Waals surface area contributed by atoms with E-state index in [1.165, 1.54) is 4.90 Å². The number of rotatable bonds is 7. The van der Waals surface area contributed by atoms with Crippen molar-refractivity contribution in [2.45, 2.75) is 4.90 Å². The third kappa shape index (κ3) is 6.79. The zero-order valence-electron chi connectivity index (χ0n) is 14.5. The average molecular weight is 415 g/mol. The van der Waals surface area contributed by atoms with Gasteiger partial charge in [-0.05, 0) is 72.9 Å². The van der Waals surface area contributed by atoms with Crippen LogP contribution >= 0.6 is 35.6 Å². The van der Waals surface area contributed by atoms with Crippen LogP contribution in [-0.2, 0) is 0 Å². The largest absolute Gasteiger partial charge is 0.457 e. The van der Waals surface area contributed by atoms with Gasteiger partial charge in [0, 0.05) is 27.9 Å². The highest BCUT2D eigenvalue weighted by atomic mass is 35.5. The molecule has 0 radical (unpaired) electrons. The normalized spacial score (nSPS) is 10.3. The number of para-hydroxylation sites is 1. The molecule has 0 aliphatic carbocycles. The molecule has 2 N–H and O–H groups in total. The molecular weight excluding hydrogens is 396 g/mol. The van der Waals surface area contributed by atoms with E-state index in [1.54, 1.807) is 11.8 Å². The molecule has 0 bridgehead atoms. The Bertz CT molecular complexity index is 856. The maximum absolute atomic E-state index is 5.89. The molecule has 0 amide bonds. The molecule has 3 rings (SSSR count). The number of benzene rings is 3. The maximum Gasteiger partial charge on any atom is 0.170 e. The fourth-order valence-corrected chi connectivity index (χ4v) is 3.38. The average Bonchev–Trinajstić information content (AvgIpc) is 2.69. The number of ether oxygens (including phenoxy) is 1. The summed E-state index contributed by atoms with van der Waals surface area (Å²) in [5.41, 5.74) is 0.915. The van der Waals surface area contributed by atoms with E-state index in [0.717, 1.165) is 34.5 Å². The van der Waals surface area contributed by atoms with Crippen molar-refractivity contribution in [2.75, 3.05) is 17.6 Å². The molecule has 0 aliphatic heterocycles. The standard InChI is InChI=1S/C21H19ClN2OS2/c22-16-6-12-20(13-7-16)27-15-14-23-21(26)24-17-8-10-19(11-9-17)25-18-4-2-1-3-5-18/h1-13H,14-15H2,(H2,23,24,26). The molecule has 6 heteroatoms. The van der Waals surface area contributed by atoms with Crippen molar-refractivity contribution >= 4 is 46.4 Å². The van der Waals surface area contributed by atoms with E-state index in [0.29, 0.717) is 5.11 Å². The van der Waals surface area contributed by atoms with E-state index in [1.807, 2.05) is 78.9 Å². The Kier molecular flexibility index (Phi) is 7.39. The highest BCUT2D eigenvalue weighted by Gasteiger charge is 2.00. The van der Waals surface area contributed by atoms with Crippen LogP contribution in [0.25, 0.3) is 0 Å². The quantitative estimate of drug-likeness (QED) is 0.273. The van der Waals surface area contributed by atoms with Gasteiger partial charge in [-0.2, -0.15) is 0 Å². The number of thioether (sulfide) groups is 1. The van der Waals surface area contributed by atoms with Crippen LogP contribution in [0.1, 0.15) is 0 Å². The molecule has 3 aromatic carbocycles. The highest BCUT2D eigenvalue weighted by molar-refractivity contribution is 7.99. The van der Waals surface area contributed by atoms with Crippen molar-refractivity contribution in [1.29, 1.82) is 0 Å². The summed E-state index contributed by atoms with van der Waals surface area (Å²) < 4.78 is 5.78. The molecule has 0 fully saturated rings. The second-order valence-electron chi connectivity index (χ2n) is 5.62. The molecule has 27 heavy (non-hydrogen) atoms. The van der Waals surface area contributed by atoms with Gasteiger partial charge in [0.2, 0.25) is 0 Å². The fourth-order valence-electron chi connectivity index (χ4n) is 2.27. The van der Waals surface area contributed by atoms with E-state index < -0.39 is 0 Å². The third-order valence-electron chi connectivity index (χ3n) is 3.56. The van der Waals surface area contributed by atoms with Crippen molar-refractivity contribution in [3.8, 4) is 11.5 Å². The fraction of sp³-hybridized carbons (Fsp3) is 0.0952. The second-order valence-corrected chi connectivity index (χ2v) is 7.64. The minimum Gasteiger partial charge on any atom is -0.457 e. The lowest BCUT2D eigenvalue weighted by molar-refractivity contribution is 0.483. The zero-order chi connectivity index (χ0) is 18.9. The Morgan fingerprint density at radius 3 is 2.26 bits per heavy atom. The van der Waals surface area contributed by atoms with Crippen LogP contribution in [0.2, 0.25) is 5.02 Å². The molecule has 0 spiro atoms. The van der Waals surface area contributed by atoms with E-state index in [9.17, 15) is 0 Å². The number of nitrogens with one attached hydrogen (secondary N) is 2. The summed E-state index contributed by atoms with van der Waals surface area (Å²) in [6.07, 6.45) is 0. The van der Waals surface area contributed by atoms with Crippen LogP contribution in [0, 0.1) is 0 Å². The minimum atomic E-state index is 0.600. The van der Waals surface area contributed by atoms with Gasteiger partial charge in [-0.3, -0.25) is 0 Å². The van der Waals surface area contributed by atoms with Crippen molar-refractivity contribution in [3.63, 3.8) is 0 Å². The Balaban J connectivity index is 1.39. The number of hydrogen-bond acceptors (Lipinski definition) is 3. The SMILES string of the molecule is S=C(NCCSc1ccc(Cl)cc1)Nc1ccc(Oc2ccccc2)cc1. The van der Waals surface area contributed by atoms with Crippen LogP contribution in [0.4, 0.5) is 5.69 Å². The van der Waals surface area contributed by atoms with Crippen molar-refractivity contribution in [1.82, 2.24) is 5.32 Å². The van der Waals surface area contributed by atoms with Crippen LogP contribution in [0.15, 0.2) is 83.8 Å². The first-order valence-electron chi connectivity index (χ1n) is 8.45. The van der Waals surface area contributed by atoms with Gasteiger partial charge >= 0.3 is 0 Å². The molecular formula is C21H19ClN2OS2. The van der Waals surface area contributed by atoms with E-state index in [4.69, 9.17) is 28.6 Å². The summed E-state index contributed by atoms with van der Waals surface area (Å²) in [4.78, 5) is 1.19. The predicted molar refractivity (Wildman–Crippen MR) is 119 cm³/mol. The topological polar surface area (TPSA) is 33.3 Å². The van der Waals surface area contributed by atoms with Crippen molar-refractivity contribution < 1.29 is 4.74 Å². The lowest BCUT2D eigenvalue weighted by Crippen LogP contribution is -2.30. The second kappa shape index (κ2) is 10.2. The maximum atomic E-state index is 5.89. The number of halogens is 1. The predicted octanol–water partition coefficient (Wildman–Crippen LogP) is 6.21. The third-order valence-corrected chi connectivity index (χ3v) is 5.07. The monoisotopic (exact) mass is 414 g/mol. The van der Waals surface area contributed by atoms with Gasteiger partial charge in [0.25, 0.3) is 0 Å². The Labute approximate surface area is 174 Å². The number of thiocarbonyl (C=S) groups is 1. The lowest BCUT2D eigenvalue weighted by Gasteiger charge is -2.11. The van der Waals surface area contributed by atoms with Gasteiger partial charge < -0.3 is 15.4 Å². The summed E-state index contributed by atoms with van der Waals surface area (Å²) in [5, 5.41) is 7.74. The van der Waals surface area contributed by atoms with Gasteiger partial charge in [0.05, 0.1) is 0 Å². The summed E-state index contributed by atoms with van der Waals surface area (Å²) >= 11 is 13.0. The smallest absolute Gasteiger partial charge is 0.170 e. The Morgan fingerprint density at radius 2 is 1.56 bits per heavy atom. The first-order chi connectivity index (χ1) is 13.2. The van der Waals surface area contributed by atoms with Crippen molar-refractivity contribution in [2.24, 2.45) is 0 Å². The molecule has 0 unspecified atom stereocenters. The minimum absolute atomic E-state index is 0.600. The van der Waals surface area contributed by atoms with E-state index in [-0.39, 0.29) is 0 Å². The number of anilines is 1. The first-order valence-corrected chi connectivity index (χ1v) is 10.2. The molecule has 0 atom stereocenters. The van der Waals surface area contributed by atoms with Crippen LogP contribution < -0.4 is 15.4 Å². The lowest BCUT2D eigenvalue weighted by atomic mass is 10.3. The molecule has 3 nitrogen and oxygen atoms in total. The van der Waals surface area contributed by atoms with Gasteiger partial charge in [-0.25, -0.2) is 0 Å². The zero-order valence-corrected chi connectivity index (χ0v) is 16.9. The number of hydrogen-bond donors (Lipinski definition) is 2.